The molecule has 7 heteroatoms. The third-order valence-electron chi connectivity index (χ3n) is 4.76. The Labute approximate surface area is 147 Å². The van der Waals surface area contributed by atoms with Gasteiger partial charge in [-0.25, -0.2) is 9.48 Å². The Morgan fingerprint density at radius 2 is 2.28 bits per heavy atom. The van der Waals surface area contributed by atoms with Gasteiger partial charge in [-0.15, -0.1) is 0 Å². The van der Waals surface area contributed by atoms with Crippen LogP contribution in [0, 0.1) is 12.8 Å². The van der Waals surface area contributed by atoms with Gasteiger partial charge in [0.2, 0.25) is 0 Å². The molecule has 0 aliphatic heterocycles. The summed E-state index contributed by atoms with van der Waals surface area (Å²) in [6.45, 7) is 2.31. The number of furan rings is 1. The van der Waals surface area contributed by atoms with Crippen molar-refractivity contribution in [3.8, 4) is 0 Å². The van der Waals surface area contributed by atoms with Gasteiger partial charge in [-0.3, -0.25) is 5.32 Å². The molecule has 1 atom stereocenters. The second-order valence-electron chi connectivity index (χ2n) is 6.73. The minimum atomic E-state index is -0.277. The summed E-state index contributed by atoms with van der Waals surface area (Å²) in [5, 5.41) is 19.7. The molecule has 1 fully saturated rings. The van der Waals surface area contributed by atoms with Crippen molar-refractivity contribution >= 4 is 11.8 Å². The van der Waals surface area contributed by atoms with Crippen LogP contribution in [0.2, 0.25) is 0 Å². The van der Waals surface area contributed by atoms with Gasteiger partial charge in [-0.2, -0.15) is 5.10 Å². The number of aryl methyl sites for hydroxylation is 1. The summed E-state index contributed by atoms with van der Waals surface area (Å²) in [6, 6.07) is 3.78. The molecule has 2 amide bonds. The number of amides is 2. The average molecular weight is 346 g/mol. The maximum absolute atomic E-state index is 12.3. The summed E-state index contributed by atoms with van der Waals surface area (Å²) in [7, 11) is 0. The van der Waals surface area contributed by atoms with E-state index in [1.54, 1.807) is 12.5 Å². The van der Waals surface area contributed by atoms with Gasteiger partial charge in [-0.05, 0) is 31.9 Å². The molecule has 0 spiro atoms. The molecule has 0 radical (unpaired) electrons. The number of carbonyl (C=O) groups is 1. The number of nitrogens with zero attached hydrogens (tertiary/aromatic N) is 2. The lowest BCUT2D eigenvalue weighted by Crippen LogP contribution is -2.35. The summed E-state index contributed by atoms with van der Waals surface area (Å²) < 4.78 is 7.23. The van der Waals surface area contributed by atoms with Gasteiger partial charge in [0, 0.05) is 31.1 Å². The molecule has 0 bridgehead atoms. The van der Waals surface area contributed by atoms with Crippen LogP contribution >= 0.6 is 0 Å². The van der Waals surface area contributed by atoms with Crippen molar-refractivity contribution in [3.63, 3.8) is 0 Å². The van der Waals surface area contributed by atoms with E-state index in [1.165, 1.54) is 12.8 Å². The van der Waals surface area contributed by atoms with E-state index in [0.717, 1.165) is 30.0 Å². The van der Waals surface area contributed by atoms with Crippen molar-refractivity contribution in [1.82, 2.24) is 15.1 Å². The van der Waals surface area contributed by atoms with Crippen molar-refractivity contribution in [1.29, 1.82) is 0 Å². The smallest absolute Gasteiger partial charge is 0.320 e. The van der Waals surface area contributed by atoms with E-state index in [-0.39, 0.29) is 18.6 Å². The lowest BCUT2D eigenvalue weighted by atomic mass is 10.1. The van der Waals surface area contributed by atoms with E-state index < -0.39 is 0 Å². The second kappa shape index (κ2) is 8.20. The van der Waals surface area contributed by atoms with Crippen molar-refractivity contribution < 1.29 is 14.3 Å². The molecular formula is C18H26N4O3. The predicted octanol–water partition coefficient (Wildman–Crippen LogP) is 2.87. The van der Waals surface area contributed by atoms with Crippen LogP contribution in [0.25, 0.3) is 0 Å². The molecule has 1 aliphatic rings. The molecule has 7 nitrogen and oxygen atoms in total. The van der Waals surface area contributed by atoms with Crippen LogP contribution < -0.4 is 10.6 Å². The van der Waals surface area contributed by atoms with Crippen molar-refractivity contribution in [2.24, 2.45) is 5.92 Å². The Morgan fingerprint density at radius 1 is 1.48 bits per heavy atom. The summed E-state index contributed by atoms with van der Waals surface area (Å²) in [4.78, 5) is 12.3. The SMILES string of the molecule is Cc1cnn(C2CCCC2)c1NC(=O)NC[C@@H](CO)Cc1ccco1. The van der Waals surface area contributed by atoms with Crippen LogP contribution in [-0.2, 0) is 6.42 Å². The maximum atomic E-state index is 12.3. The third kappa shape index (κ3) is 4.42. The Hall–Kier alpha value is -2.28. The second-order valence-corrected chi connectivity index (χ2v) is 6.73. The molecule has 0 saturated heterocycles. The number of carbonyl (C=O) groups excluding carboxylic acids is 1. The maximum Gasteiger partial charge on any atom is 0.320 e. The third-order valence-corrected chi connectivity index (χ3v) is 4.76. The summed E-state index contributed by atoms with van der Waals surface area (Å²) in [6.07, 6.45) is 8.61. The number of urea groups is 1. The van der Waals surface area contributed by atoms with Crippen LogP contribution in [0.15, 0.2) is 29.0 Å². The molecule has 2 aromatic heterocycles. The highest BCUT2D eigenvalue weighted by Crippen LogP contribution is 2.32. The Kier molecular flexibility index (Phi) is 5.75. The molecule has 1 saturated carbocycles. The molecular weight excluding hydrogens is 320 g/mol. The standard InChI is InChI=1S/C18H26N4O3/c1-13-10-20-22(15-5-2-3-6-15)17(13)21-18(24)19-11-14(12-23)9-16-7-4-8-25-16/h4,7-8,10,14-15,23H,2-3,5-6,9,11-12H2,1H3,(H2,19,21,24)/t14-/m0/s1. The van der Waals surface area contributed by atoms with Gasteiger partial charge >= 0.3 is 6.03 Å². The molecule has 3 N–H and O–H groups in total. The van der Waals surface area contributed by atoms with Crippen molar-refractivity contribution in [2.45, 2.75) is 45.1 Å². The van der Waals surface area contributed by atoms with Crippen molar-refractivity contribution in [3.05, 3.63) is 35.9 Å². The number of hydrogen-bond acceptors (Lipinski definition) is 4. The zero-order chi connectivity index (χ0) is 17.6. The van der Waals surface area contributed by atoms with E-state index in [2.05, 4.69) is 15.7 Å². The number of nitrogens with one attached hydrogen (secondary N) is 2. The normalized spacial score (nSPS) is 16.1. The molecule has 3 rings (SSSR count). The Bertz CT molecular complexity index is 675. The lowest BCUT2D eigenvalue weighted by Gasteiger charge is -2.17. The fourth-order valence-corrected chi connectivity index (χ4v) is 3.33. The van der Waals surface area contributed by atoms with E-state index >= 15 is 0 Å². The van der Waals surface area contributed by atoms with Crippen molar-refractivity contribution in [2.75, 3.05) is 18.5 Å². The van der Waals surface area contributed by atoms with Crippen LogP contribution in [0.1, 0.15) is 43.0 Å². The number of aliphatic hydroxyl groups excluding tert-OH is 1. The molecule has 0 unspecified atom stereocenters. The molecule has 2 aromatic rings. The quantitative estimate of drug-likeness (QED) is 0.719. The summed E-state index contributed by atoms with van der Waals surface area (Å²) in [5.74, 6) is 1.48. The van der Waals surface area contributed by atoms with Gasteiger partial charge in [0.15, 0.2) is 0 Å². The van der Waals surface area contributed by atoms with Gasteiger partial charge < -0.3 is 14.8 Å². The Morgan fingerprint density at radius 3 is 2.96 bits per heavy atom. The summed E-state index contributed by atoms with van der Waals surface area (Å²) >= 11 is 0. The van der Waals surface area contributed by atoms with E-state index in [1.807, 2.05) is 23.7 Å². The zero-order valence-corrected chi connectivity index (χ0v) is 14.6. The van der Waals surface area contributed by atoms with Gasteiger partial charge in [0.1, 0.15) is 11.6 Å². The molecule has 136 valence electrons. The minimum absolute atomic E-state index is 0.0139. The number of aromatic nitrogens is 2. The monoisotopic (exact) mass is 346 g/mol. The lowest BCUT2D eigenvalue weighted by molar-refractivity contribution is 0.213. The summed E-state index contributed by atoms with van der Waals surface area (Å²) in [5.41, 5.74) is 0.955. The van der Waals surface area contributed by atoms with Gasteiger partial charge in [-0.1, -0.05) is 12.8 Å². The Balaban J connectivity index is 1.54. The number of hydrogen-bond donors (Lipinski definition) is 3. The topological polar surface area (TPSA) is 92.3 Å². The van der Waals surface area contributed by atoms with Crippen LogP contribution in [0.3, 0.4) is 0 Å². The molecule has 1 aliphatic carbocycles. The first-order valence-corrected chi connectivity index (χ1v) is 8.89. The van der Waals surface area contributed by atoms with E-state index in [0.29, 0.717) is 19.0 Å². The van der Waals surface area contributed by atoms with Crippen LogP contribution in [0.4, 0.5) is 10.6 Å². The van der Waals surface area contributed by atoms with Crippen LogP contribution in [0.5, 0.6) is 0 Å². The highest BCUT2D eigenvalue weighted by atomic mass is 16.3. The average Bonchev–Trinajstić information content (AvgIpc) is 3.35. The first-order valence-electron chi connectivity index (χ1n) is 8.89. The van der Waals surface area contributed by atoms with E-state index in [9.17, 15) is 9.90 Å². The number of anilines is 1. The highest BCUT2D eigenvalue weighted by Gasteiger charge is 2.22. The van der Waals surface area contributed by atoms with Gasteiger partial charge in [0.05, 0.1) is 18.5 Å². The molecule has 0 aromatic carbocycles. The number of rotatable bonds is 7. The fourth-order valence-electron chi connectivity index (χ4n) is 3.33. The first-order chi connectivity index (χ1) is 12.2. The zero-order valence-electron chi connectivity index (χ0n) is 14.6. The largest absolute Gasteiger partial charge is 0.469 e. The number of aliphatic hydroxyl groups is 1. The fraction of sp³-hybridized carbons (Fsp3) is 0.556. The molecule has 25 heavy (non-hydrogen) atoms. The predicted molar refractivity (Wildman–Crippen MR) is 94.5 cm³/mol. The van der Waals surface area contributed by atoms with Gasteiger partial charge in [0.25, 0.3) is 0 Å². The highest BCUT2D eigenvalue weighted by molar-refractivity contribution is 5.89. The first kappa shape index (κ1) is 17.5. The van der Waals surface area contributed by atoms with Crippen LogP contribution in [-0.4, -0.2) is 34.1 Å². The van der Waals surface area contributed by atoms with E-state index in [4.69, 9.17) is 4.42 Å². The minimum Gasteiger partial charge on any atom is -0.469 e. The molecule has 2 heterocycles.